The predicted octanol–water partition coefficient (Wildman–Crippen LogP) is 3.25. The van der Waals surface area contributed by atoms with Gasteiger partial charge in [0.2, 0.25) is 0 Å². The standard InChI is InChI=1S/C18H22N4O/c1-13(2)21(11-5-10-19)18(23)16-6-8-17(9-7-16)22-15(4)12-14(3)20-22/h6-9,12-13H,5,11H2,1-4H3. The average Bonchev–Trinajstić information content (AvgIpc) is 2.86. The number of hydrogen-bond donors (Lipinski definition) is 0. The zero-order valence-electron chi connectivity index (χ0n) is 14.1. The molecule has 120 valence electrons. The number of aryl methyl sites for hydroxylation is 2. The molecule has 2 aromatic rings. The van der Waals surface area contributed by atoms with Crippen molar-refractivity contribution in [3.8, 4) is 11.8 Å². The number of hydrogen-bond acceptors (Lipinski definition) is 3. The molecule has 1 heterocycles. The molecule has 0 bridgehead atoms. The Kier molecular flexibility index (Phi) is 5.17. The van der Waals surface area contributed by atoms with Crippen molar-refractivity contribution in [1.29, 1.82) is 5.26 Å². The monoisotopic (exact) mass is 310 g/mol. The van der Waals surface area contributed by atoms with Crippen LogP contribution in [0.4, 0.5) is 0 Å². The summed E-state index contributed by atoms with van der Waals surface area (Å²) in [5, 5.41) is 13.2. The molecule has 1 aromatic heterocycles. The Hall–Kier alpha value is -2.61. The minimum absolute atomic E-state index is 0.0461. The second kappa shape index (κ2) is 7.10. The van der Waals surface area contributed by atoms with Crippen LogP contribution in [0.2, 0.25) is 0 Å². The third-order valence-corrected chi connectivity index (χ3v) is 3.72. The third-order valence-electron chi connectivity index (χ3n) is 3.72. The molecule has 5 heteroatoms. The van der Waals surface area contributed by atoms with Gasteiger partial charge < -0.3 is 4.90 Å². The van der Waals surface area contributed by atoms with E-state index in [1.165, 1.54) is 0 Å². The quantitative estimate of drug-likeness (QED) is 0.851. The van der Waals surface area contributed by atoms with E-state index in [9.17, 15) is 4.79 Å². The zero-order valence-corrected chi connectivity index (χ0v) is 14.1. The van der Waals surface area contributed by atoms with E-state index in [0.717, 1.165) is 17.1 Å². The number of rotatable bonds is 5. The van der Waals surface area contributed by atoms with E-state index in [1.807, 2.05) is 62.7 Å². The molecule has 23 heavy (non-hydrogen) atoms. The number of carbonyl (C=O) groups is 1. The maximum atomic E-state index is 12.6. The van der Waals surface area contributed by atoms with Crippen LogP contribution in [0.15, 0.2) is 30.3 Å². The summed E-state index contributed by atoms with van der Waals surface area (Å²) < 4.78 is 1.86. The summed E-state index contributed by atoms with van der Waals surface area (Å²) in [6, 6.07) is 11.6. The highest BCUT2D eigenvalue weighted by Crippen LogP contribution is 2.15. The predicted molar refractivity (Wildman–Crippen MR) is 89.4 cm³/mol. The minimum Gasteiger partial charge on any atom is -0.335 e. The molecule has 0 saturated carbocycles. The van der Waals surface area contributed by atoms with Gasteiger partial charge in [-0.3, -0.25) is 4.79 Å². The van der Waals surface area contributed by atoms with Gasteiger partial charge in [0.25, 0.3) is 5.91 Å². The highest BCUT2D eigenvalue weighted by atomic mass is 16.2. The van der Waals surface area contributed by atoms with Gasteiger partial charge >= 0.3 is 0 Å². The summed E-state index contributed by atoms with van der Waals surface area (Å²) in [6.45, 7) is 8.32. The fourth-order valence-corrected chi connectivity index (χ4v) is 2.57. The van der Waals surface area contributed by atoms with Gasteiger partial charge in [0.15, 0.2) is 0 Å². The molecule has 0 unspecified atom stereocenters. The SMILES string of the molecule is Cc1cc(C)n(-c2ccc(C(=O)N(CCC#N)C(C)C)cc2)n1. The van der Waals surface area contributed by atoms with Gasteiger partial charge in [-0.1, -0.05) is 0 Å². The summed E-state index contributed by atoms with van der Waals surface area (Å²) in [5.41, 5.74) is 3.58. The molecule has 0 atom stereocenters. The summed E-state index contributed by atoms with van der Waals surface area (Å²) >= 11 is 0. The topological polar surface area (TPSA) is 61.9 Å². The molecule has 0 aliphatic carbocycles. The van der Waals surface area contributed by atoms with Gasteiger partial charge in [0.05, 0.1) is 23.9 Å². The Labute approximate surface area is 137 Å². The Bertz CT molecular complexity index is 722. The van der Waals surface area contributed by atoms with E-state index in [1.54, 1.807) is 4.90 Å². The van der Waals surface area contributed by atoms with E-state index >= 15 is 0 Å². The van der Waals surface area contributed by atoms with Crippen LogP contribution in [0, 0.1) is 25.2 Å². The van der Waals surface area contributed by atoms with Crippen LogP contribution in [0.1, 0.15) is 42.0 Å². The van der Waals surface area contributed by atoms with Crippen molar-refractivity contribution in [2.24, 2.45) is 0 Å². The molecule has 0 spiro atoms. The molecule has 0 aliphatic rings. The molecule has 0 saturated heterocycles. The third kappa shape index (κ3) is 3.78. The van der Waals surface area contributed by atoms with Crippen LogP contribution in [0.3, 0.4) is 0 Å². The molecule has 0 aliphatic heterocycles. The molecular weight excluding hydrogens is 288 g/mol. The van der Waals surface area contributed by atoms with Crippen LogP contribution in [-0.2, 0) is 0 Å². The highest BCUT2D eigenvalue weighted by Gasteiger charge is 2.18. The van der Waals surface area contributed by atoms with Crippen molar-refractivity contribution in [3.05, 3.63) is 47.3 Å². The zero-order chi connectivity index (χ0) is 17.0. The van der Waals surface area contributed by atoms with Crippen LogP contribution in [0.5, 0.6) is 0 Å². The smallest absolute Gasteiger partial charge is 0.254 e. The lowest BCUT2D eigenvalue weighted by Gasteiger charge is -2.26. The number of benzene rings is 1. The van der Waals surface area contributed by atoms with Crippen molar-refractivity contribution in [2.45, 2.75) is 40.2 Å². The second-order valence-electron chi connectivity index (χ2n) is 5.89. The Morgan fingerprint density at radius 1 is 1.30 bits per heavy atom. The lowest BCUT2D eigenvalue weighted by Crippen LogP contribution is -2.37. The first-order valence-corrected chi connectivity index (χ1v) is 7.75. The van der Waals surface area contributed by atoms with Gasteiger partial charge in [-0.2, -0.15) is 10.4 Å². The van der Waals surface area contributed by atoms with E-state index in [0.29, 0.717) is 18.5 Å². The molecule has 0 radical (unpaired) electrons. The average molecular weight is 310 g/mol. The molecular formula is C18H22N4O. The summed E-state index contributed by atoms with van der Waals surface area (Å²) in [5.74, 6) is -0.0461. The molecule has 1 aromatic carbocycles. The molecule has 1 amide bonds. The molecule has 5 nitrogen and oxygen atoms in total. The lowest BCUT2D eigenvalue weighted by molar-refractivity contribution is 0.0710. The van der Waals surface area contributed by atoms with E-state index in [-0.39, 0.29) is 11.9 Å². The normalized spacial score (nSPS) is 10.6. The van der Waals surface area contributed by atoms with Gasteiger partial charge in [0.1, 0.15) is 0 Å². The number of nitrogens with zero attached hydrogens (tertiary/aromatic N) is 4. The van der Waals surface area contributed by atoms with Crippen LogP contribution < -0.4 is 0 Å². The number of nitriles is 1. The summed E-state index contributed by atoms with van der Waals surface area (Å²) in [6.07, 6.45) is 0.341. The van der Waals surface area contributed by atoms with Crippen LogP contribution >= 0.6 is 0 Å². The maximum Gasteiger partial charge on any atom is 0.254 e. The van der Waals surface area contributed by atoms with Gasteiger partial charge in [0, 0.05) is 23.8 Å². The summed E-state index contributed by atoms with van der Waals surface area (Å²) in [4.78, 5) is 14.3. The fourth-order valence-electron chi connectivity index (χ4n) is 2.57. The van der Waals surface area contributed by atoms with Gasteiger partial charge in [-0.05, 0) is 58.0 Å². The number of carbonyl (C=O) groups excluding carboxylic acids is 1. The van der Waals surface area contributed by atoms with Crippen molar-refractivity contribution < 1.29 is 4.79 Å². The van der Waals surface area contributed by atoms with Gasteiger partial charge in [-0.25, -0.2) is 4.68 Å². The van der Waals surface area contributed by atoms with Crippen molar-refractivity contribution in [3.63, 3.8) is 0 Å². The minimum atomic E-state index is -0.0461. The molecule has 0 fully saturated rings. The van der Waals surface area contributed by atoms with Crippen molar-refractivity contribution >= 4 is 5.91 Å². The van der Waals surface area contributed by atoms with E-state index in [2.05, 4.69) is 11.2 Å². The second-order valence-corrected chi connectivity index (χ2v) is 5.89. The highest BCUT2D eigenvalue weighted by molar-refractivity contribution is 5.94. The number of amides is 1. The number of aromatic nitrogens is 2. The lowest BCUT2D eigenvalue weighted by atomic mass is 10.1. The first-order valence-electron chi connectivity index (χ1n) is 7.75. The van der Waals surface area contributed by atoms with Crippen LogP contribution in [-0.4, -0.2) is 33.2 Å². The van der Waals surface area contributed by atoms with E-state index < -0.39 is 0 Å². The van der Waals surface area contributed by atoms with Crippen molar-refractivity contribution in [2.75, 3.05) is 6.54 Å². The Morgan fingerprint density at radius 2 is 1.96 bits per heavy atom. The van der Waals surface area contributed by atoms with E-state index in [4.69, 9.17) is 5.26 Å². The largest absolute Gasteiger partial charge is 0.335 e. The maximum absolute atomic E-state index is 12.6. The Morgan fingerprint density at radius 3 is 2.43 bits per heavy atom. The molecule has 2 rings (SSSR count). The fraction of sp³-hybridized carbons (Fsp3) is 0.389. The first-order chi connectivity index (χ1) is 10.9. The molecule has 0 N–H and O–H groups in total. The summed E-state index contributed by atoms with van der Waals surface area (Å²) in [7, 11) is 0. The Balaban J connectivity index is 2.23. The first kappa shape index (κ1) is 16.8. The van der Waals surface area contributed by atoms with Crippen LogP contribution in [0.25, 0.3) is 5.69 Å². The van der Waals surface area contributed by atoms with Gasteiger partial charge in [-0.15, -0.1) is 0 Å². The van der Waals surface area contributed by atoms with Crippen molar-refractivity contribution in [1.82, 2.24) is 14.7 Å².